The Bertz CT molecular complexity index is 1430. The Kier molecular flexibility index (Phi) is 12.0. The van der Waals surface area contributed by atoms with Crippen LogP contribution < -0.4 is 14.2 Å². The highest BCUT2D eigenvalue weighted by atomic mass is 32.1. The Morgan fingerprint density at radius 2 is 1.44 bits per heavy atom. The van der Waals surface area contributed by atoms with Crippen molar-refractivity contribution in [2.24, 2.45) is 0 Å². The van der Waals surface area contributed by atoms with E-state index in [9.17, 15) is 4.79 Å². The van der Waals surface area contributed by atoms with Crippen LogP contribution in [0.3, 0.4) is 0 Å². The molecule has 0 unspecified atom stereocenters. The molecule has 43 heavy (non-hydrogen) atoms. The smallest absolute Gasteiger partial charge is 0.273 e. The number of ether oxygens (including phenoxy) is 3. The molecule has 1 aromatic heterocycles. The summed E-state index contributed by atoms with van der Waals surface area (Å²) < 4.78 is 16.3. The lowest BCUT2D eigenvalue weighted by Gasteiger charge is -2.24. The van der Waals surface area contributed by atoms with Gasteiger partial charge in [-0.15, -0.1) is 11.3 Å². The molecule has 0 saturated carbocycles. The maximum absolute atomic E-state index is 13.6. The van der Waals surface area contributed by atoms with Crippen molar-refractivity contribution in [3.05, 3.63) is 106 Å². The second-order valence-electron chi connectivity index (χ2n) is 10.6. The average molecular weight is 603 g/mol. The van der Waals surface area contributed by atoms with Gasteiger partial charge in [-0.05, 0) is 61.5 Å². The molecular formula is C34H42N4O4S. The molecule has 0 atom stereocenters. The maximum atomic E-state index is 13.6. The molecule has 0 aliphatic rings. The Morgan fingerprint density at radius 1 is 0.744 bits per heavy atom. The summed E-state index contributed by atoms with van der Waals surface area (Å²) in [6.45, 7) is 4.13. The Balaban J connectivity index is 1.50. The minimum absolute atomic E-state index is 0.0414. The lowest BCUT2D eigenvalue weighted by atomic mass is 10.1. The van der Waals surface area contributed by atoms with E-state index in [-0.39, 0.29) is 5.91 Å². The molecule has 0 spiro atoms. The van der Waals surface area contributed by atoms with Gasteiger partial charge < -0.3 is 24.0 Å². The fourth-order valence-electron chi connectivity index (χ4n) is 4.74. The van der Waals surface area contributed by atoms with Crippen LogP contribution in [0.5, 0.6) is 17.2 Å². The van der Waals surface area contributed by atoms with Crippen LogP contribution >= 0.6 is 11.3 Å². The molecule has 0 fully saturated rings. The summed E-state index contributed by atoms with van der Waals surface area (Å²) in [6.07, 6.45) is 0.822. The maximum Gasteiger partial charge on any atom is 0.273 e. The highest BCUT2D eigenvalue weighted by Gasteiger charge is 2.20. The second kappa shape index (κ2) is 16.1. The molecule has 0 radical (unpaired) electrons. The number of hydrogen-bond donors (Lipinski definition) is 0. The molecule has 4 rings (SSSR count). The van der Waals surface area contributed by atoms with Crippen LogP contribution in [0.15, 0.2) is 78.2 Å². The van der Waals surface area contributed by atoms with Crippen LogP contribution in [0.4, 0.5) is 0 Å². The molecule has 0 N–H and O–H groups in total. The third-order valence-electron chi connectivity index (χ3n) is 7.18. The van der Waals surface area contributed by atoms with E-state index in [1.54, 1.807) is 21.3 Å². The number of likely N-dealkylation sites (N-methyl/N-ethyl adjacent to an activating group) is 1. The number of carbonyl (C=O) groups is 1. The summed E-state index contributed by atoms with van der Waals surface area (Å²) in [5.74, 6) is 2.23. The fraction of sp³-hybridized carbons (Fsp3) is 0.353. The summed E-state index contributed by atoms with van der Waals surface area (Å²) in [6, 6.07) is 24.3. The van der Waals surface area contributed by atoms with Gasteiger partial charge in [-0.3, -0.25) is 9.69 Å². The van der Waals surface area contributed by atoms with Crippen molar-refractivity contribution in [2.75, 3.05) is 55.1 Å². The van der Waals surface area contributed by atoms with Gasteiger partial charge in [0.05, 0.1) is 27.9 Å². The lowest BCUT2D eigenvalue weighted by Crippen LogP contribution is -2.36. The Hall–Kier alpha value is -3.92. The third kappa shape index (κ3) is 9.54. The van der Waals surface area contributed by atoms with Gasteiger partial charge in [0.15, 0.2) is 11.5 Å². The van der Waals surface area contributed by atoms with Crippen molar-refractivity contribution < 1.29 is 19.0 Å². The van der Waals surface area contributed by atoms with Gasteiger partial charge in [-0.25, -0.2) is 4.98 Å². The van der Waals surface area contributed by atoms with Crippen molar-refractivity contribution in [3.8, 4) is 17.2 Å². The van der Waals surface area contributed by atoms with Gasteiger partial charge in [0, 0.05) is 38.1 Å². The van der Waals surface area contributed by atoms with E-state index in [4.69, 9.17) is 19.2 Å². The average Bonchev–Trinajstić information content (AvgIpc) is 3.50. The summed E-state index contributed by atoms with van der Waals surface area (Å²) in [5.41, 5.74) is 3.94. The SMILES string of the molecule is COc1ccc(CN(CCc2ccc(OC)c(OC)c2)Cc2nc(C(=O)N(CCN(C)C)Cc3ccccc3)cs2)cc1. The first kappa shape index (κ1) is 32.0. The number of methoxy groups -OCH3 is 3. The normalized spacial score (nSPS) is 11.1. The lowest BCUT2D eigenvalue weighted by molar-refractivity contribution is 0.0726. The van der Waals surface area contributed by atoms with E-state index in [1.165, 1.54) is 16.9 Å². The number of hydrogen-bond acceptors (Lipinski definition) is 8. The van der Waals surface area contributed by atoms with Crippen LogP contribution in [-0.4, -0.2) is 80.6 Å². The first-order valence-corrected chi connectivity index (χ1v) is 15.2. The topological polar surface area (TPSA) is 67.4 Å². The van der Waals surface area contributed by atoms with Crippen LogP contribution in [-0.2, 0) is 26.1 Å². The number of aromatic nitrogens is 1. The monoisotopic (exact) mass is 602 g/mol. The molecule has 1 amide bonds. The molecule has 3 aromatic carbocycles. The molecule has 8 nitrogen and oxygen atoms in total. The zero-order chi connectivity index (χ0) is 30.6. The minimum atomic E-state index is -0.0414. The van der Waals surface area contributed by atoms with Crippen molar-refractivity contribution in [3.63, 3.8) is 0 Å². The van der Waals surface area contributed by atoms with E-state index in [0.29, 0.717) is 31.1 Å². The van der Waals surface area contributed by atoms with E-state index in [1.807, 2.05) is 66.8 Å². The molecule has 228 valence electrons. The van der Waals surface area contributed by atoms with Crippen molar-refractivity contribution in [1.82, 2.24) is 19.7 Å². The van der Waals surface area contributed by atoms with Crippen molar-refractivity contribution in [1.29, 1.82) is 0 Å². The molecule has 1 heterocycles. The Labute approximate surface area is 259 Å². The fourth-order valence-corrected chi connectivity index (χ4v) is 5.55. The molecule has 0 aliphatic carbocycles. The van der Waals surface area contributed by atoms with Crippen LogP contribution in [0.1, 0.15) is 32.2 Å². The quantitative estimate of drug-likeness (QED) is 0.165. The van der Waals surface area contributed by atoms with Gasteiger partial charge in [-0.2, -0.15) is 0 Å². The van der Waals surface area contributed by atoms with E-state index in [2.05, 4.69) is 40.1 Å². The summed E-state index contributed by atoms with van der Waals surface area (Å²) >= 11 is 1.54. The zero-order valence-electron chi connectivity index (χ0n) is 25.8. The predicted molar refractivity (Wildman–Crippen MR) is 172 cm³/mol. The Morgan fingerprint density at radius 3 is 2.12 bits per heavy atom. The second-order valence-corrected chi connectivity index (χ2v) is 11.6. The number of carbonyl (C=O) groups excluding carboxylic acids is 1. The number of amides is 1. The van der Waals surface area contributed by atoms with Crippen LogP contribution in [0, 0.1) is 0 Å². The van der Waals surface area contributed by atoms with E-state index >= 15 is 0 Å². The summed E-state index contributed by atoms with van der Waals surface area (Å²) in [7, 11) is 9.01. The molecular weight excluding hydrogens is 560 g/mol. The number of nitrogens with zero attached hydrogens (tertiary/aromatic N) is 4. The number of thiazole rings is 1. The van der Waals surface area contributed by atoms with Gasteiger partial charge >= 0.3 is 0 Å². The first-order chi connectivity index (χ1) is 20.9. The minimum Gasteiger partial charge on any atom is -0.497 e. The molecule has 0 aliphatic heterocycles. The van der Waals surface area contributed by atoms with E-state index < -0.39 is 0 Å². The summed E-state index contributed by atoms with van der Waals surface area (Å²) in [4.78, 5) is 24.8. The molecule has 4 aromatic rings. The predicted octanol–water partition coefficient (Wildman–Crippen LogP) is 5.62. The molecule has 0 bridgehead atoms. The number of benzene rings is 3. The standard InChI is InChI=1S/C34H42N4O4S/c1-36(2)19-20-38(23-27-9-7-6-8-10-27)34(39)30-25-43-33(35-30)24-37(22-28-11-14-29(40-3)15-12-28)18-17-26-13-16-31(41-4)32(21-26)42-5/h6-16,21,25H,17-20,22-24H2,1-5H3. The first-order valence-electron chi connectivity index (χ1n) is 14.4. The largest absolute Gasteiger partial charge is 0.497 e. The van der Waals surface area contributed by atoms with E-state index in [0.717, 1.165) is 53.7 Å². The number of rotatable bonds is 16. The van der Waals surface area contributed by atoms with Gasteiger partial charge in [-0.1, -0.05) is 48.5 Å². The third-order valence-corrected chi connectivity index (χ3v) is 8.01. The van der Waals surface area contributed by atoms with Gasteiger partial charge in [0.1, 0.15) is 16.5 Å². The van der Waals surface area contributed by atoms with Crippen molar-refractivity contribution >= 4 is 17.2 Å². The summed E-state index contributed by atoms with van der Waals surface area (Å²) in [5, 5.41) is 2.81. The molecule has 9 heteroatoms. The highest BCUT2D eigenvalue weighted by molar-refractivity contribution is 7.09. The molecule has 0 saturated heterocycles. The highest BCUT2D eigenvalue weighted by Crippen LogP contribution is 2.28. The van der Waals surface area contributed by atoms with Gasteiger partial charge in [0.2, 0.25) is 0 Å². The van der Waals surface area contributed by atoms with Crippen LogP contribution in [0.2, 0.25) is 0 Å². The zero-order valence-corrected chi connectivity index (χ0v) is 26.6. The van der Waals surface area contributed by atoms with Gasteiger partial charge in [0.25, 0.3) is 5.91 Å². The van der Waals surface area contributed by atoms with Crippen molar-refractivity contribution in [2.45, 2.75) is 26.1 Å². The van der Waals surface area contributed by atoms with Crippen LogP contribution in [0.25, 0.3) is 0 Å².